The number of rotatable bonds is 5. The van der Waals surface area contributed by atoms with Crippen molar-refractivity contribution in [2.45, 2.75) is 25.2 Å². The fraction of sp³-hybridized carbons (Fsp3) is 0.235. The second kappa shape index (κ2) is 8.04. The van der Waals surface area contributed by atoms with Crippen LogP contribution < -0.4 is 22.1 Å². The van der Waals surface area contributed by atoms with E-state index < -0.39 is 24.0 Å². The molecular formula is C17H19F3N6O. The average Bonchev–Trinajstić information content (AvgIpc) is 2.60. The van der Waals surface area contributed by atoms with Gasteiger partial charge in [-0.3, -0.25) is 5.32 Å². The number of anilines is 2. The summed E-state index contributed by atoms with van der Waals surface area (Å²) >= 11 is 0. The van der Waals surface area contributed by atoms with E-state index in [1.165, 1.54) is 6.07 Å². The van der Waals surface area contributed by atoms with E-state index >= 15 is 0 Å². The van der Waals surface area contributed by atoms with Crippen molar-refractivity contribution in [2.75, 3.05) is 11.1 Å². The third kappa shape index (κ3) is 5.17. The van der Waals surface area contributed by atoms with E-state index in [1.54, 1.807) is 6.92 Å². The first kappa shape index (κ1) is 20.2. The van der Waals surface area contributed by atoms with Crippen LogP contribution in [0.25, 0.3) is 0 Å². The lowest BCUT2D eigenvalue weighted by Gasteiger charge is -2.18. The van der Waals surface area contributed by atoms with E-state index in [4.69, 9.17) is 16.9 Å². The maximum atomic E-state index is 12.6. The van der Waals surface area contributed by atoms with Crippen LogP contribution in [0.3, 0.4) is 0 Å². The minimum atomic E-state index is -4.77. The normalized spacial score (nSPS) is 13.5. The number of aromatic nitrogens is 1. The molecule has 27 heavy (non-hydrogen) atoms. The Kier molecular flexibility index (Phi) is 6.01. The minimum Gasteiger partial charge on any atom is -0.398 e. The van der Waals surface area contributed by atoms with Crippen LogP contribution in [0.4, 0.5) is 29.5 Å². The molecule has 0 aliphatic carbocycles. The molecule has 2 aromatic rings. The molecule has 144 valence electrons. The highest BCUT2D eigenvalue weighted by Gasteiger charge is 2.40. The third-order valence-electron chi connectivity index (χ3n) is 3.78. The summed E-state index contributed by atoms with van der Waals surface area (Å²) < 4.78 is 37.9. The van der Waals surface area contributed by atoms with Gasteiger partial charge in [-0.05, 0) is 12.5 Å². The van der Waals surface area contributed by atoms with Crippen LogP contribution in [0.1, 0.15) is 24.1 Å². The van der Waals surface area contributed by atoms with Gasteiger partial charge >= 0.3 is 12.2 Å². The quantitative estimate of drug-likeness (QED) is 0.511. The van der Waals surface area contributed by atoms with Crippen molar-refractivity contribution in [3.05, 3.63) is 53.7 Å². The molecule has 0 spiro atoms. The number of nitrogens with two attached hydrogens (primary N) is 2. The van der Waals surface area contributed by atoms with E-state index in [9.17, 15) is 18.0 Å². The molecule has 0 bridgehead atoms. The number of carbonyl (C=O) groups is 1. The Labute approximate surface area is 153 Å². The predicted molar refractivity (Wildman–Crippen MR) is 96.5 cm³/mol. The summed E-state index contributed by atoms with van der Waals surface area (Å²) in [5, 5.41) is 12.7. The van der Waals surface area contributed by atoms with Gasteiger partial charge in [0.15, 0.2) is 0 Å². The van der Waals surface area contributed by atoms with Crippen LogP contribution in [0, 0.1) is 5.41 Å². The van der Waals surface area contributed by atoms with Crippen molar-refractivity contribution in [2.24, 2.45) is 5.73 Å². The van der Waals surface area contributed by atoms with Crippen LogP contribution in [0.2, 0.25) is 0 Å². The topological polar surface area (TPSA) is 130 Å². The van der Waals surface area contributed by atoms with Crippen LogP contribution >= 0.6 is 0 Å². The molecule has 2 amide bonds. The molecule has 0 radical (unpaired) electrons. The molecule has 0 aliphatic heterocycles. The van der Waals surface area contributed by atoms with Gasteiger partial charge in [0.2, 0.25) is 0 Å². The molecule has 1 aromatic heterocycles. The zero-order chi connectivity index (χ0) is 20.2. The number of hydrogen-bond donors (Lipinski definition) is 5. The molecule has 0 aliphatic rings. The Morgan fingerprint density at radius 3 is 2.44 bits per heavy atom. The van der Waals surface area contributed by atoms with Gasteiger partial charge in [-0.15, -0.1) is 0 Å². The number of pyridine rings is 1. The summed E-state index contributed by atoms with van der Waals surface area (Å²) in [5.41, 5.74) is 10.3. The largest absolute Gasteiger partial charge is 0.409 e. The monoisotopic (exact) mass is 380 g/mol. The van der Waals surface area contributed by atoms with Crippen molar-refractivity contribution in [1.82, 2.24) is 10.3 Å². The van der Waals surface area contributed by atoms with Gasteiger partial charge in [-0.25, -0.2) is 9.78 Å². The zero-order valence-corrected chi connectivity index (χ0v) is 14.3. The lowest BCUT2D eigenvalue weighted by Crippen LogP contribution is -2.44. The van der Waals surface area contributed by atoms with E-state index in [1.807, 2.05) is 30.3 Å². The Balaban J connectivity index is 2.05. The maximum absolute atomic E-state index is 12.6. The van der Waals surface area contributed by atoms with E-state index in [2.05, 4.69) is 15.6 Å². The summed E-state index contributed by atoms with van der Waals surface area (Å²) in [7, 11) is 0. The average molecular weight is 380 g/mol. The molecule has 0 fully saturated rings. The predicted octanol–water partition coefficient (Wildman–Crippen LogP) is 2.80. The van der Waals surface area contributed by atoms with Gasteiger partial charge in [0.25, 0.3) is 0 Å². The molecule has 2 atom stereocenters. The van der Waals surface area contributed by atoms with Crippen molar-refractivity contribution in [3.63, 3.8) is 0 Å². The van der Waals surface area contributed by atoms with Crippen molar-refractivity contribution < 1.29 is 18.0 Å². The second-order valence-corrected chi connectivity index (χ2v) is 5.82. The van der Waals surface area contributed by atoms with E-state index in [0.29, 0.717) is 0 Å². The van der Waals surface area contributed by atoms with Gasteiger partial charge in [-0.1, -0.05) is 30.3 Å². The zero-order valence-electron chi connectivity index (χ0n) is 14.3. The fourth-order valence-corrected chi connectivity index (χ4v) is 2.27. The summed E-state index contributed by atoms with van der Waals surface area (Å²) in [6.07, 6.45) is -3.80. The van der Waals surface area contributed by atoms with Crippen LogP contribution in [-0.4, -0.2) is 28.9 Å². The Hall–Kier alpha value is -3.14. The van der Waals surface area contributed by atoms with Gasteiger partial charge in [0.1, 0.15) is 11.9 Å². The molecule has 1 heterocycles. The minimum absolute atomic E-state index is 0.0300. The number of benzene rings is 1. The highest BCUT2D eigenvalue weighted by Crippen LogP contribution is 2.24. The van der Waals surface area contributed by atoms with Crippen LogP contribution in [-0.2, 0) is 0 Å². The highest BCUT2D eigenvalue weighted by molar-refractivity contribution is 6.06. The fourth-order valence-electron chi connectivity index (χ4n) is 2.27. The second-order valence-electron chi connectivity index (χ2n) is 5.82. The third-order valence-corrected chi connectivity index (χ3v) is 3.78. The van der Waals surface area contributed by atoms with Gasteiger partial charge in [-0.2, -0.15) is 13.2 Å². The first-order valence-electron chi connectivity index (χ1n) is 7.88. The van der Waals surface area contributed by atoms with E-state index in [-0.39, 0.29) is 23.1 Å². The Morgan fingerprint density at radius 1 is 1.26 bits per heavy atom. The first-order valence-corrected chi connectivity index (χ1v) is 7.88. The number of halogens is 3. The number of carbonyl (C=O) groups excluding carboxylic acids is 1. The molecule has 7 N–H and O–H groups in total. The lowest BCUT2D eigenvalue weighted by atomic mass is 10.0. The number of hydrogen-bond acceptors (Lipinski definition) is 5. The molecule has 7 nitrogen and oxygen atoms in total. The number of nitrogens with one attached hydrogen (secondary N) is 3. The van der Waals surface area contributed by atoms with E-state index in [0.717, 1.165) is 11.8 Å². The summed E-state index contributed by atoms with van der Waals surface area (Å²) in [6, 6.07) is 7.09. The Bertz CT molecular complexity index is 825. The smallest absolute Gasteiger partial charge is 0.398 e. The lowest BCUT2D eigenvalue weighted by molar-refractivity contribution is -0.132. The molecule has 2 unspecified atom stereocenters. The van der Waals surface area contributed by atoms with Gasteiger partial charge in [0, 0.05) is 23.5 Å². The number of nitrogen functional groups attached to an aromatic ring is 1. The van der Waals surface area contributed by atoms with Gasteiger partial charge in [0.05, 0.1) is 11.8 Å². The van der Waals surface area contributed by atoms with Crippen LogP contribution in [0.15, 0.2) is 42.6 Å². The van der Waals surface area contributed by atoms with Crippen molar-refractivity contribution >= 4 is 23.2 Å². The van der Waals surface area contributed by atoms with Gasteiger partial charge < -0.3 is 22.2 Å². The first-order chi connectivity index (χ1) is 12.6. The summed E-state index contributed by atoms with van der Waals surface area (Å²) in [5.74, 6) is 0.0300. The van der Waals surface area contributed by atoms with Crippen molar-refractivity contribution in [1.29, 1.82) is 5.41 Å². The highest BCUT2D eigenvalue weighted by atomic mass is 19.4. The number of alkyl halides is 3. The SMILES string of the molecule is CC(NC(=O)Nc1cc(N)c(C(=N)C(N)C(F)(F)F)cn1)c1ccccc1. The molecule has 2 rings (SSSR count). The number of amides is 2. The molecule has 0 saturated heterocycles. The number of urea groups is 1. The molecule has 10 heteroatoms. The standard InChI is InChI=1S/C17H19F3N6O/c1-9(10-5-3-2-4-6-10)25-16(27)26-13-7-12(21)11(8-24-13)14(22)15(23)17(18,19)20/h2-9,15,22H,23H2,1H3,(H4,21,24,25,26,27). The molecule has 0 saturated carbocycles. The summed E-state index contributed by atoms with van der Waals surface area (Å²) in [4.78, 5) is 15.9. The molecule has 1 aromatic carbocycles. The van der Waals surface area contributed by atoms with Crippen molar-refractivity contribution in [3.8, 4) is 0 Å². The number of nitrogens with zero attached hydrogens (tertiary/aromatic N) is 1. The maximum Gasteiger partial charge on any atom is 0.409 e. The Morgan fingerprint density at radius 2 is 1.89 bits per heavy atom. The summed E-state index contributed by atoms with van der Waals surface area (Å²) in [6.45, 7) is 1.79. The molecular weight excluding hydrogens is 361 g/mol. The van der Waals surface area contributed by atoms with Crippen LogP contribution in [0.5, 0.6) is 0 Å².